The third kappa shape index (κ3) is 5.04. The molecule has 4 heteroatoms. The van der Waals surface area contributed by atoms with Gasteiger partial charge in [0.05, 0.1) is 6.04 Å². The highest BCUT2D eigenvalue weighted by Crippen LogP contribution is 2.11. The van der Waals surface area contributed by atoms with E-state index >= 15 is 0 Å². The molecule has 0 radical (unpaired) electrons. The van der Waals surface area contributed by atoms with E-state index in [0.717, 1.165) is 38.9 Å². The number of nitrogens with zero attached hydrogens (tertiary/aromatic N) is 1. The van der Waals surface area contributed by atoms with E-state index in [4.69, 9.17) is 5.73 Å². The zero-order valence-electron chi connectivity index (χ0n) is 11.2. The van der Waals surface area contributed by atoms with Gasteiger partial charge in [0.1, 0.15) is 0 Å². The number of piperidine rings is 1. The molecular weight excluding hydrogens is 214 g/mol. The van der Waals surface area contributed by atoms with E-state index in [-0.39, 0.29) is 11.9 Å². The lowest BCUT2D eigenvalue weighted by molar-refractivity contribution is -0.126. The summed E-state index contributed by atoms with van der Waals surface area (Å²) >= 11 is 0. The Labute approximate surface area is 105 Å². The average molecular weight is 241 g/mol. The van der Waals surface area contributed by atoms with Gasteiger partial charge in [-0.1, -0.05) is 19.8 Å². The summed E-state index contributed by atoms with van der Waals surface area (Å²) in [4.78, 5) is 14.1. The lowest BCUT2D eigenvalue weighted by Crippen LogP contribution is -2.50. The van der Waals surface area contributed by atoms with Gasteiger partial charge in [-0.25, -0.2) is 0 Å². The molecule has 0 spiro atoms. The SMILES string of the molecule is CCCCCNC(=O)C(C)N1CCC(N)CC1. The molecule has 0 saturated carbocycles. The van der Waals surface area contributed by atoms with Gasteiger partial charge in [0.2, 0.25) is 5.91 Å². The number of rotatable bonds is 6. The fourth-order valence-corrected chi connectivity index (χ4v) is 2.21. The third-order valence-electron chi connectivity index (χ3n) is 3.58. The van der Waals surface area contributed by atoms with Gasteiger partial charge < -0.3 is 11.1 Å². The number of carbonyl (C=O) groups excluding carboxylic acids is 1. The van der Waals surface area contributed by atoms with Crippen LogP contribution in [0.2, 0.25) is 0 Å². The van der Waals surface area contributed by atoms with E-state index in [1.807, 2.05) is 6.92 Å². The highest BCUT2D eigenvalue weighted by atomic mass is 16.2. The van der Waals surface area contributed by atoms with Crippen molar-refractivity contribution in [1.29, 1.82) is 0 Å². The zero-order chi connectivity index (χ0) is 12.7. The molecule has 1 rings (SSSR count). The van der Waals surface area contributed by atoms with Crippen LogP contribution in [0.15, 0.2) is 0 Å². The summed E-state index contributed by atoms with van der Waals surface area (Å²) < 4.78 is 0. The molecule has 0 aromatic carbocycles. The molecule has 1 heterocycles. The number of hydrogen-bond donors (Lipinski definition) is 2. The van der Waals surface area contributed by atoms with E-state index in [9.17, 15) is 4.79 Å². The lowest BCUT2D eigenvalue weighted by atomic mass is 10.0. The van der Waals surface area contributed by atoms with Gasteiger partial charge >= 0.3 is 0 Å². The molecule has 1 amide bonds. The molecule has 100 valence electrons. The molecule has 1 atom stereocenters. The molecule has 1 unspecified atom stereocenters. The Morgan fingerprint density at radius 2 is 2.06 bits per heavy atom. The van der Waals surface area contributed by atoms with Crippen molar-refractivity contribution in [2.24, 2.45) is 5.73 Å². The van der Waals surface area contributed by atoms with Crippen LogP contribution in [-0.4, -0.2) is 42.5 Å². The predicted octanol–water partition coefficient (Wildman–Crippen LogP) is 1.10. The van der Waals surface area contributed by atoms with E-state index in [2.05, 4.69) is 17.1 Å². The summed E-state index contributed by atoms with van der Waals surface area (Å²) in [5.74, 6) is 0.163. The molecule has 1 aliphatic heterocycles. The maximum Gasteiger partial charge on any atom is 0.237 e. The van der Waals surface area contributed by atoms with Crippen LogP contribution >= 0.6 is 0 Å². The van der Waals surface area contributed by atoms with E-state index in [1.54, 1.807) is 0 Å². The minimum atomic E-state index is -0.0101. The average Bonchev–Trinajstić information content (AvgIpc) is 2.34. The molecule has 1 saturated heterocycles. The quantitative estimate of drug-likeness (QED) is 0.685. The zero-order valence-corrected chi connectivity index (χ0v) is 11.2. The number of unbranched alkanes of at least 4 members (excludes halogenated alkanes) is 2. The molecule has 1 fully saturated rings. The van der Waals surface area contributed by atoms with Crippen LogP contribution in [0.1, 0.15) is 46.0 Å². The Morgan fingerprint density at radius 1 is 1.41 bits per heavy atom. The van der Waals surface area contributed by atoms with Crippen LogP contribution in [0.5, 0.6) is 0 Å². The first-order chi connectivity index (χ1) is 8.15. The largest absolute Gasteiger partial charge is 0.355 e. The van der Waals surface area contributed by atoms with Crippen molar-refractivity contribution >= 4 is 5.91 Å². The third-order valence-corrected chi connectivity index (χ3v) is 3.58. The van der Waals surface area contributed by atoms with Gasteiger partial charge in [-0.2, -0.15) is 0 Å². The number of nitrogens with one attached hydrogen (secondary N) is 1. The van der Waals surface area contributed by atoms with Crippen molar-refractivity contribution in [2.45, 2.75) is 58.0 Å². The van der Waals surface area contributed by atoms with Gasteiger partial charge in [-0.15, -0.1) is 0 Å². The summed E-state index contributed by atoms with van der Waals surface area (Å²) in [5.41, 5.74) is 5.86. The fourth-order valence-electron chi connectivity index (χ4n) is 2.21. The van der Waals surface area contributed by atoms with Gasteiger partial charge in [0, 0.05) is 25.7 Å². The van der Waals surface area contributed by atoms with Gasteiger partial charge in [-0.05, 0) is 26.2 Å². The fraction of sp³-hybridized carbons (Fsp3) is 0.923. The molecular formula is C13H27N3O. The van der Waals surface area contributed by atoms with Crippen molar-refractivity contribution in [2.75, 3.05) is 19.6 Å². The molecule has 0 aromatic rings. The lowest BCUT2D eigenvalue weighted by Gasteiger charge is -2.33. The minimum absolute atomic E-state index is 0.0101. The van der Waals surface area contributed by atoms with Crippen molar-refractivity contribution in [3.05, 3.63) is 0 Å². The minimum Gasteiger partial charge on any atom is -0.355 e. The van der Waals surface area contributed by atoms with Crippen molar-refractivity contribution in [3.63, 3.8) is 0 Å². The monoisotopic (exact) mass is 241 g/mol. The van der Waals surface area contributed by atoms with E-state index in [0.29, 0.717) is 6.04 Å². The first-order valence-corrected chi connectivity index (χ1v) is 6.92. The van der Waals surface area contributed by atoms with Crippen LogP contribution in [0.25, 0.3) is 0 Å². The molecule has 17 heavy (non-hydrogen) atoms. The second-order valence-corrected chi connectivity index (χ2v) is 5.05. The Kier molecular flexibility index (Phi) is 6.52. The normalized spacial score (nSPS) is 20.2. The van der Waals surface area contributed by atoms with E-state index < -0.39 is 0 Å². The Balaban J connectivity index is 2.21. The molecule has 3 N–H and O–H groups in total. The maximum absolute atomic E-state index is 11.9. The molecule has 0 aromatic heterocycles. The van der Waals surface area contributed by atoms with Crippen LogP contribution in [-0.2, 0) is 4.79 Å². The maximum atomic E-state index is 11.9. The van der Waals surface area contributed by atoms with Gasteiger partial charge in [0.15, 0.2) is 0 Å². The topological polar surface area (TPSA) is 58.4 Å². The molecule has 0 aliphatic carbocycles. The smallest absolute Gasteiger partial charge is 0.237 e. The van der Waals surface area contributed by atoms with Crippen LogP contribution in [0, 0.1) is 0 Å². The summed E-state index contributed by atoms with van der Waals surface area (Å²) in [7, 11) is 0. The Morgan fingerprint density at radius 3 is 2.65 bits per heavy atom. The van der Waals surface area contributed by atoms with Crippen molar-refractivity contribution in [1.82, 2.24) is 10.2 Å². The van der Waals surface area contributed by atoms with Gasteiger partial charge in [-0.3, -0.25) is 9.69 Å². The second kappa shape index (κ2) is 7.67. The van der Waals surface area contributed by atoms with E-state index in [1.165, 1.54) is 12.8 Å². The summed E-state index contributed by atoms with van der Waals surface area (Å²) in [5, 5.41) is 3.01. The number of nitrogens with two attached hydrogens (primary N) is 1. The van der Waals surface area contributed by atoms with Crippen molar-refractivity contribution in [3.8, 4) is 0 Å². The van der Waals surface area contributed by atoms with Gasteiger partial charge in [0.25, 0.3) is 0 Å². The first kappa shape index (κ1) is 14.5. The van der Waals surface area contributed by atoms with Crippen LogP contribution < -0.4 is 11.1 Å². The highest BCUT2D eigenvalue weighted by molar-refractivity contribution is 5.81. The summed E-state index contributed by atoms with van der Waals surface area (Å²) in [6, 6.07) is 0.315. The second-order valence-electron chi connectivity index (χ2n) is 5.05. The summed E-state index contributed by atoms with van der Waals surface area (Å²) in [6.45, 7) is 6.87. The first-order valence-electron chi connectivity index (χ1n) is 6.92. The molecule has 4 nitrogen and oxygen atoms in total. The van der Waals surface area contributed by atoms with Crippen LogP contribution in [0.4, 0.5) is 0 Å². The number of amides is 1. The number of hydrogen-bond acceptors (Lipinski definition) is 3. The molecule has 0 bridgehead atoms. The summed E-state index contributed by atoms with van der Waals surface area (Å²) in [6.07, 6.45) is 5.48. The number of likely N-dealkylation sites (tertiary alicyclic amines) is 1. The number of carbonyl (C=O) groups is 1. The highest BCUT2D eigenvalue weighted by Gasteiger charge is 2.24. The predicted molar refractivity (Wildman–Crippen MR) is 70.8 cm³/mol. The van der Waals surface area contributed by atoms with Crippen molar-refractivity contribution < 1.29 is 4.79 Å². The Hall–Kier alpha value is -0.610. The molecule has 1 aliphatic rings. The standard InChI is InChI=1S/C13H27N3O/c1-3-4-5-8-15-13(17)11(2)16-9-6-12(14)7-10-16/h11-12H,3-10,14H2,1-2H3,(H,15,17). The van der Waals surface area contributed by atoms with Crippen LogP contribution in [0.3, 0.4) is 0 Å². The Bertz CT molecular complexity index is 225.